The van der Waals surface area contributed by atoms with Gasteiger partial charge >= 0.3 is 12.0 Å². The number of piperidine rings is 1. The Morgan fingerprint density at radius 1 is 1.50 bits per heavy atom. The highest BCUT2D eigenvalue weighted by Crippen LogP contribution is 2.23. The molecule has 1 N–H and O–H groups in total. The molecule has 2 amide bonds. The molecule has 18 heavy (non-hydrogen) atoms. The summed E-state index contributed by atoms with van der Waals surface area (Å²) in [6.45, 7) is 3.44. The molecule has 6 heteroatoms. The van der Waals surface area contributed by atoms with Crippen molar-refractivity contribution in [3.8, 4) is 0 Å². The lowest BCUT2D eigenvalue weighted by Crippen LogP contribution is -2.54. The third-order valence-corrected chi connectivity index (χ3v) is 3.35. The number of urea groups is 1. The molecule has 0 bridgehead atoms. The highest BCUT2D eigenvalue weighted by atomic mass is 16.5. The number of carbonyl (C=O) groups excluding carboxylic acids is 1. The van der Waals surface area contributed by atoms with E-state index >= 15 is 0 Å². The molecular formula is C12H22N2O4. The van der Waals surface area contributed by atoms with E-state index in [9.17, 15) is 14.7 Å². The van der Waals surface area contributed by atoms with Crippen LogP contribution < -0.4 is 0 Å². The first-order valence-electron chi connectivity index (χ1n) is 6.20. The van der Waals surface area contributed by atoms with Crippen molar-refractivity contribution in [2.45, 2.75) is 25.8 Å². The largest absolute Gasteiger partial charge is 0.480 e. The molecule has 1 heterocycles. The first-order valence-corrected chi connectivity index (χ1v) is 6.20. The summed E-state index contributed by atoms with van der Waals surface area (Å²) in [5.41, 5.74) is 0. The van der Waals surface area contributed by atoms with E-state index in [2.05, 4.69) is 0 Å². The van der Waals surface area contributed by atoms with Gasteiger partial charge in [0.2, 0.25) is 0 Å². The Balaban J connectivity index is 2.66. The van der Waals surface area contributed by atoms with Gasteiger partial charge in [-0.05, 0) is 18.8 Å². The average Bonchev–Trinajstić information content (AvgIpc) is 2.34. The van der Waals surface area contributed by atoms with Crippen LogP contribution in [0.4, 0.5) is 4.79 Å². The second-order valence-corrected chi connectivity index (χ2v) is 4.87. The van der Waals surface area contributed by atoms with Crippen molar-refractivity contribution in [3.05, 3.63) is 0 Å². The molecule has 0 radical (unpaired) electrons. The minimum absolute atomic E-state index is 0.230. The van der Waals surface area contributed by atoms with Crippen LogP contribution in [-0.2, 0) is 9.53 Å². The number of carboxylic acids is 1. The van der Waals surface area contributed by atoms with Crippen molar-refractivity contribution in [2.75, 3.05) is 33.9 Å². The standard InChI is InChI=1S/C12H22N2O4/c1-9-4-5-14(10(8-9)11(15)16)12(17)13(2)6-7-18-3/h9-10H,4-8H2,1-3H3,(H,15,16). The Morgan fingerprint density at radius 2 is 2.17 bits per heavy atom. The number of rotatable bonds is 4. The first kappa shape index (κ1) is 14.8. The quantitative estimate of drug-likeness (QED) is 0.812. The van der Waals surface area contributed by atoms with Gasteiger partial charge in [-0.2, -0.15) is 0 Å². The molecule has 1 aliphatic heterocycles. The van der Waals surface area contributed by atoms with Crippen LogP contribution in [0.1, 0.15) is 19.8 Å². The van der Waals surface area contributed by atoms with Crippen LogP contribution in [0, 0.1) is 5.92 Å². The van der Waals surface area contributed by atoms with E-state index < -0.39 is 12.0 Å². The molecule has 0 aromatic carbocycles. The Kier molecular flexibility index (Phi) is 5.40. The number of likely N-dealkylation sites (tertiary alicyclic amines) is 1. The van der Waals surface area contributed by atoms with Gasteiger partial charge in [0.15, 0.2) is 0 Å². The summed E-state index contributed by atoms with van der Waals surface area (Å²) < 4.78 is 4.91. The fourth-order valence-corrected chi connectivity index (χ4v) is 2.15. The SMILES string of the molecule is COCCN(C)C(=O)N1CCC(C)CC1C(=O)O. The predicted molar refractivity (Wildman–Crippen MR) is 66.4 cm³/mol. The number of methoxy groups -OCH3 is 1. The fraction of sp³-hybridized carbons (Fsp3) is 0.833. The summed E-state index contributed by atoms with van der Waals surface area (Å²) in [5, 5.41) is 9.20. The van der Waals surface area contributed by atoms with Crippen LogP contribution in [0.15, 0.2) is 0 Å². The molecular weight excluding hydrogens is 236 g/mol. The summed E-state index contributed by atoms with van der Waals surface area (Å²) in [7, 11) is 3.24. The van der Waals surface area contributed by atoms with Crippen molar-refractivity contribution < 1.29 is 19.4 Å². The molecule has 2 atom stereocenters. The van der Waals surface area contributed by atoms with E-state index in [1.54, 1.807) is 14.2 Å². The monoisotopic (exact) mass is 258 g/mol. The number of hydrogen-bond donors (Lipinski definition) is 1. The van der Waals surface area contributed by atoms with Gasteiger partial charge in [-0.25, -0.2) is 9.59 Å². The first-order chi connectivity index (χ1) is 8.47. The zero-order valence-corrected chi connectivity index (χ0v) is 11.3. The van der Waals surface area contributed by atoms with Gasteiger partial charge in [0, 0.05) is 27.2 Å². The third kappa shape index (κ3) is 3.60. The Hall–Kier alpha value is -1.30. The van der Waals surface area contributed by atoms with Gasteiger partial charge in [0.1, 0.15) is 6.04 Å². The van der Waals surface area contributed by atoms with Crippen molar-refractivity contribution >= 4 is 12.0 Å². The van der Waals surface area contributed by atoms with Crippen LogP contribution in [-0.4, -0.2) is 66.8 Å². The van der Waals surface area contributed by atoms with Gasteiger partial charge in [-0.1, -0.05) is 6.92 Å². The molecule has 104 valence electrons. The van der Waals surface area contributed by atoms with Crippen LogP contribution in [0.3, 0.4) is 0 Å². The van der Waals surface area contributed by atoms with Gasteiger partial charge in [0.25, 0.3) is 0 Å². The number of amides is 2. The molecule has 0 aromatic rings. The predicted octanol–water partition coefficient (Wildman–Crippen LogP) is 0.870. The maximum atomic E-state index is 12.2. The number of ether oxygens (including phenoxy) is 1. The topological polar surface area (TPSA) is 70.1 Å². The minimum atomic E-state index is -0.921. The number of likely N-dealkylation sites (N-methyl/N-ethyl adjacent to an activating group) is 1. The molecule has 1 aliphatic rings. The maximum absolute atomic E-state index is 12.2. The number of carboxylic acid groups (broad SMARTS) is 1. The Morgan fingerprint density at radius 3 is 2.72 bits per heavy atom. The lowest BCUT2D eigenvalue weighted by Gasteiger charge is -2.38. The van der Waals surface area contributed by atoms with Gasteiger partial charge in [0.05, 0.1) is 6.61 Å². The Bertz CT molecular complexity index is 308. The normalized spacial score (nSPS) is 23.8. The van der Waals surface area contributed by atoms with E-state index in [0.29, 0.717) is 32.0 Å². The highest BCUT2D eigenvalue weighted by molar-refractivity contribution is 5.82. The molecule has 1 rings (SSSR count). The maximum Gasteiger partial charge on any atom is 0.326 e. The van der Waals surface area contributed by atoms with E-state index in [0.717, 1.165) is 6.42 Å². The van der Waals surface area contributed by atoms with E-state index in [1.807, 2.05) is 6.92 Å². The van der Waals surface area contributed by atoms with E-state index in [4.69, 9.17) is 4.74 Å². The molecule has 0 aliphatic carbocycles. The molecule has 0 aromatic heterocycles. The fourth-order valence-electron chi connectivity index (χ4n) is 2.15. The van der Waals surface area contributed by atoms with Crippen molar-refractivity contribution in [3.63, 3.8) is 0 Å². The van der Waals surface area contributed by atoms with Crippen molar-refractivity contribution in [2.24, 2.45) is 5.92 Å². The van der Waals surface area contributed by atoms with Gasteiger partial charge in [-0.3, -0.25) is 0 Å². The average molecular weight is 258 g/mol. The number of carbonyl (C=O) groups is 2. The Labute approximate surface area is 107 Å². The molecule has 0 saturated carbocycles. The summed E-state index contributed by atoms with van der Waals surface area (Å²) in [4.78, 5) is 26.3. The van der Waals surface area contributed by atoms with Crippen molar-refractivity contribution in [1.29, 1.82) is 0 Å². The number of nitrogens with zero attached hydrogens (tertiary/aromatic N) is 2. The highest BCUT2D eigenvalue weighted by Gasteiger charge is 2.35. The zero-order chi connectivity index (χ0) is 13.7. The lowest BCUT2D eigenvalue weighted by atomic mass is 9.93. The summed E-state index contributed by atoms with van der Waals surface area (Å²) >= 11 is 0. The molecule has 1 saturated heterocycles. The minimum Gasteiger partial charge on any atom is -0.480 e. The second kappa shape index (κ2) is 6.58. The molecule has 1 fully saturated rings. The molecule has 2 unspecified atom stereocenters. The van der Waals surface area contributed by atoms with E-state index in [1.165, 1.54) is 9.80 Å². The van der Waals surface area contributed by atoms with E-state index in [-0.39, 0.29) is 6.03 Å². The summed E-state index contributed by atoms with van der Waals surface area (Å²) in [6.07, 6.45) is 1.38. The summed E-state index contributed by atoms with van der Waals surface area (Å²) in [5.74, 6) is -0.575. The lowest BCUT2D eigenvalue weighted by molar-refractivity contribution is -0.144. The van der Waals surface area contributed by atoms with Crippen LogP contribution in [0.2, 0.25) is 0 Å². The molecule has 6 nitrogen and oxygen atoms in total. The van der Waals surface area contributed by atoms with Gasteiger partial charge < -0.3 is 19.6 Å². The smallest absolute Gasteiger partial charge is 0.326 e. The van der Waals surface area contributed by atoms with Crippen LogP contribution in [0.25, 0.3) is 0 Å². The molecule has 0 spiro atoms. The van der Waals surface area contributed by atoms with Crippen LogP contribution >= 0.6 is 0 Å². The van der Waals surface area contributed by atoms with Gasteiger partial charge in [-0.15, -0.1) is 0 Å². The third-order valence-electron chi connectivity index (χ3n) is 3.35. The van der Waals surface area contributed by atoms with Crippen LogP contribution in [0.5, 0.6) is 0 Å². The number of aliphatic carboxylic acids is 1. The summed E-state index contributed by atoms with van der Waals surface area (Å²) in [6, 6.07) is -0.933. The number of hydrogen-bond acceptors (Lipinski definition) is 3. The van der Waals surface area contributed by atoms with Crippen molar-refractivity contribution in [1.82, 2.24) is 9.80 Å². The second-order valence-electron chi connectivity index (χ2n) is 4.87. The zero-order valence-electron chi connectivity index (χ0n) is 11.3.